The van der Waals surface area contributed by atoms with Crippen LogP contribution in [-0.4, -0.2) is 28.0 Å². The number of hydrogen-bond donors (Lipinski definition) is 1. The molecule has 0 fully saturated rings. The maximum absolute atomic E-state index is 13.3. The fourth-order valence-corrected chi connectivity index (χ4v) is 6.68. The van der Waals surface area contributed by atoms with Crippen molar-refractivity contribution in [3.63, 3.8) is 0 Å². The number of esters is 1. The second-order valence-corrected chi connectivity index (χ2v) is 12.2. The van der Waals surface area contributed by atoms with E-state index in [0.717, 1.165) is 5.56 Å². The number of aromatic nitrogens is 1. The van der Waals surface area contributed by atoms with Crippen LogP contribution in [0.5, 0.6) is 0 Å². The Morgan fingerprint density at radius 3 is 2.77 bits per heavy atom. The highest BCUT2D eigenvalue weighted by Crippen LogP contribution is 2.53. The van der Waals surface area contributed by atoms with Crippen LogP contribution in [0.3, 0.4) is 0 Å². The molecule has 2 heterocycles. The van der Waals surface area contributed by atoms with Crippen LogP contribution < -0.4 is 10.4 Å². The van der Waals surface area contributed by atoms with E-state index in [4.69, 9.17) is 27.2 Å². The summed E-state index contributed by atoms with van der Waals surface area (Å²) in [4.78, 5) is 36.8. The predicted octanol–water partition coefficient (Wildman–Crippen LogP) is 6.78. The Kier molecular flexibility index (Phi) is 7.47. The molecule has 0 spiro atoms. The molecule has 4 rings (SSSR count). The van der Waals surface area contributed by atoms with Crippen molar-refractivity contribution < 1.29 is 19.2 Å². The van der Waals surface area contributed by atoms with Crippen LogP contribution in [0.1, 0.15) is 28.9 Å². The third-order valence-corrected chi connectivity index (χ3v) is 9.19. The molecule has 0 aliphatic carbocycles. The molecule has 1 aliphatic rings. The molecule has 0 bridgehead atoms. The molecule has 0 saturated carbocycles. The van der Waals surface area contributed by atoms with Crippen molar-refractivity contribution in [3.05, 3.63) is 63.6 Å². The Balaban J connectivity index is 1.95. The molecule has 0 radical (unpaired) electrons. The first-order chi connectivity index (χ1) is 16.7. The van der Waals surface area contributed by atoms with Crippen LogP contribution in [0, 0.1) is 17.0 Å². The number of aryl methyl sites for hydroxylation is 1. The predicted molar refractivity (Wildman–Crippen MR) is 137 cm³/mol. The van der Waals surface area contributed by atoms with E-state index in [1.807, 2.05) is 19.1 Å². The van der Waals surface area contributed by atoms with Crippen LogP contribution in [0.25, 0.3) is 11.3 Å². The number of carbonyl (C=O) groups is 2. The minimum absolute atomic E-state index is 0.120. The molecule has 1 aromatic heterocycles. The SMILES string of the molecule is CCOC(=O)c1pc(P(Cl)Cl)c2n1[C@@H](N=Nc1cccc([N+](=O)[O-])c1)C(=O)Nc1ccc(C)cc1-2. The highest BCUT2D eigenvalue weighted by molar-refractivity contribution is 8.11. The number of non-ortho nitro benzene ring substituents is 1. The summed E-state index contributed by atoms with van der Waals surface area (Å²) in [5.74, 6) is -1.21. The quantitative estimate of drug-likeness (QED) is 0.119. The van der Waals surface area contributed by atoms with Gasteiger partial charge in [-0.15, -0.1) is 0 Å². The van der Waals surface area contributed by atoms with E-state index >= 15 is 0 Å². The minimum Gasteiger partial charge on any atom is -0.461 e. The van der Waals surface area contributed by atoms with E-state index in [2.05, 4.69) is 15.5 Å². The highest BCUT2D eigenvalue weighted by atomic mass is 35.9. The van der Waals surface area contributed by atoms with Gasteiger partial charge in [-0.1, -0.05) is 40.2 Å². The summed E-state index contributed by atoms with van der Waals surface area (Å²) in [6, 6.07) is 11.0. The number of nitro groups is 1. The molecule has 2 aromatic carbocycles. The Bertz CT molecular complexity index is 1380. The molecule has 0 unspecified atom stereocenters. The molecule has 14 heteroatoms. The topological polar surface area (TPSA) is 128 Å². The molecule has 0 saturated heterocycles. The lowest BCUT2D eigenvalue weighted by Gasteiger charge is -2.16. The van der Waals surface area contributed by atoms with Crippen molar-refractivity contribution in [1.82, 2.24) is 4.57 Å². The van der Waals surface area contributed by atoms with Crippen LogP contribution in [0.2, 0.25) is 0 Å². The lowest BCUT2D eigenvalue weighted by atomic mass is 10.1. The average Bonchev–Trinajstić information content (AvgIpc) is 3.16. The summed E-state index contributed by atoms with van der Waals surface area (Å²) in [5.41, 5.74) is 2.63. The summed E-state index contributed by atoms with van der Waals surface area (Å²) >= 11 is 12.7. The number of ether oxygens (including phenoxy) is 1. The van der Waals surface area contributed by atoms with Gasteiger partial charge < -0.3 is 10.1 Å². The number of nitro benzene ring substituents is 1. The monoisotopic (exact) mass is 551 g/mol. The number of anilines is 1. The van der Waals surface area contributed by atoms with Crippen molar-refractivity contribution in [2.45, 2.75) is 20.0 Å². The Hall–Kier alpha value is -2.90. The first-order valence-electron chi connectivity index (χ1n) is 10.2. The number of hydrogen-bond acceptors (Lipinski definition) is 7. The highest BCUT2D eigenvalue weighted by Gasteiger charge is 2.37. The van der Waals surface area contributed by atoms with Crippen LogP contribution >= 0.6 is 37.3 Å². The second kappa shape index (κ2) is 10.4. The molecule has 35 heavy (non-hydrogen) atoms. The smallest absolute Gasteiger partial charge is 0.359 e. The lowest BCUT2D eigenvalue weighted by molar-refractivity contribution is -0.384. The number of carbonyl (C=O) groups excluding carboxylic acids is 2. The molecule has 1 amide bonds. The lowest BCUT2D eigenvalue weighted by Crippen LogP contribution is -2.25. The van der Waals surface area contributed by atoms with Crippen molar-refractivity contribution in [1.29, 1.82) is 0 Å². The van der Waals surface area contributed by atoms with E-state index in [0.29, 0.717) is 30.2 Å². The summed E-state index contributed by atoms with van der Waals surface area (Å²) in [6.07, 6.45) is -1.33. The standard InChI is InChI=1S/C21H17Cl2N5O5P2/c1-3-33-20(30)19-27-16(21(34-19)35(22)23)14-9-11(2)7-8-15(14)24-18(29)17(27)26-25-12-5-4-6-13(10-12)28(31)32/h4-10,17H,3H2,1-2H3,(H,24,29)/t17-/m1/s1. The third kappa shape index (κ3) is 5.07. The minimum atomic E-state index is -1.69. The van der Waals surface area contributed by atoms with Gasteiger partial charge in [0.25, 0.3) is 11.6 Å². The third-order valence-electron chi connectivity index (χ3n) is 5.00. The number of azo groups is 1. The number of benzene rings is 2. The van der Waals surface area contributed by atoms with E-state index < -0.39 is 29.6 Å². The van der Waals surface area contributed by atoms with Gasteiger partial charge in [0, 0.05) is 17.7 Å². The van der Waals surface area contributed by atoms with E-state index in [1.165, 1.54) is 28.8 Å². The van der Waals surface area contributed by atoms with E-state index in [9.17, 15) is 19.7 Å². The van der Waals surface area contributed by atoms with Crippen LogP contribution in [-0.2, 0) is 9.53 Å². The van der Waals surface area contributed by atoms with Gasteiger partial charge in [0.05, 0.1) is 33.6 Å². The second-order valence-electron chi connectivity index (χ2n) is 7.34. The Labute approximate surface area is 211 Å². The molecule has 180 valence electrons. The van der Waals surface area contributed by atoms with Gasteiger partial charge in [0.2, 0.25) is 6.17 Å². The summed E-state index contributed by atoms with van der Waals surface area (Å²) in [6.45, 7) is 1.99. The zero-order chi connectivity index (χ0) is 25.3. The van der Waals surface area contributed by atoms with Gasteiger partial charge in [-0.3, -0.25) is 19.5 Å². The van der Waals surface area contributed by atoms with Gasteiger partial charge in [-0.25, -0.2) is 4.79 Å². The number of nitrogens with one attached hydrogen (secondary N) is 1. The van der Waals surface area contributed by atoms with Crippen molar-refractivity contribution >= 4 is 71.3 Å². The number of fused-ring (bicyclic) bond motifs is 3. The van der Waals surface area contributed by atoms with Gasteiger partial charge in [-0.2, -0.15) is 10.2 Å². The first kappa shape index (κ1) is 25.2. The van der Waals surface area contributed by atoms with Crippen LogP contribution in [0.15, 0.2) is 52.7 Å². The Morgan fingerprint density at radius 1 is 1.31 bits per heavy atom. The number of halogens is 2. The van der Waals surface area contributed by atoms with E-state index in [-0.39, 0.29) is 23.4 Å². The van der Waals surface area contributed by atoms with Crippen LogP contribution in [0.4, 0.5) is 17.1 Å². The zero-order valence-corrected chi connectivity index (χ0v) is 21.6. The maximum Gasteiger partial charge on any atom is 0.359 e. The number of amides is 1. The van der Waals surface area contributed by atoms with Gasteiger partial charge in [0.15, 0.2) is 5.43 Å². The molecule has 10 nitrogen and oxygen atoms in total. The molecule has 1 aliphatic heterocycles. The summed E-state index contributed by atoms with van der Waals surface area (Å²) in [7, 11) is 0.395. The molecule has 1 N–H and O–H groups in total. The molecule has 1 atom stereocenters. The fourth-order valence-electron chi connectivity index (χ4n) is 3.54. The number of rotatable bonds is 6. The van der Waals surface area contributed by atoms with E-state index in [1.54, 1.807) is 13.0 Å². The van der Waals surface area contributed by atoms with Crippen molar-refractivity contribution in [2.75, 3.05) is 11.9 Å². The Morgan fingerprint density at radius 2 is 2.09 bits per heavy atom. The zero-order valence-electron chi connectivity index (χ0n) is 18.3. The average molecular weight is 552 g/mol. The summed E-state index contributed by atoms with van der Waals surface area (Å²) in [5, 5.41) is 22.8. The fraction of sp³-hybridized carbons (Fsp3) is 0.190. The van der Waals surface area contributed by atoms with Gasteiger partial charge >= 0.3 is 5.97 Å². The normalized spacial score (nSPS) is 15.1. The molecule has 3 aromatic rings. The largest absolute Gasteiger partial charge is 0.461 e. The van der Waals surface area contributed by atoms with Gasteiger partial charge in [-0.05, 0) is 40.2 Å². The van der Waals surface area contributed by atoms with Gasteiger partial charge in [0.1, 0.15) is 6.63 Å². The molecular formula is C21H17Cl2N5O5P2. The molecular weight excluding hydrogens is 535 g/mol. The maximum atomic E-state index is 13.3. The first-order valence-corrected chi connectivity index (χ1v) is 14.2. The number of nitrogens with zero attached hydrogens (tertiary/aromatic N) is 4. The van der Waals surface area contributed by atoms with Crippen molar-refractivity contribution in [3.8, 4) is 11.3 Å². The summed E-state index contributed by atoms with van der Waals surface area (Å²) < 4.78 is 6.68. The van der Waals surface area contributed by atoms with Crippen molar-refractivity contribution in [2.24, 2.45) is 10.2 Å².